The monoisotopic (exact) mass is 1910 g/mol. The number of benzene rings is 10. The van der Waals surface area contributed by atoms with Crippen LogP contribution in [-0.2, 0) is 87.0 Å². The van der Waals surface area contributed by atoms with Crippen LogP contribution >= 0.6 is 0 Å². The largest absolute Gasteiger partial charge is 1.00 e. The Labute approximate surface area is 777 Å². The van der Waals surface area contributed by atoms with Crippen molar-refractivity contribution < 1.29 is 131 Å². The maximum atomic E-state index is 13.3. The van der Waals surface area contributed by atoms with Crippen molar-refractivity contribution in [3.63, 3.8) is 0 Å². The number of methoxy groups -OCH3 is 1. The molecule has 0 saturated carbocycles. The summed E-state index contributed by atoms with van der Waals surface area (Å²) >= 11 is 0. The van der Waals surface area contributed by atoms with Gasteiger partial charge in [0.2, 0.25) is 50.1 Å². The van der Waals surface area contributed by atoms with Crippen LogP contribution in [0.15, 0.2) is 195 Å². The van der Waals surface area contributed by atoms with Crippen LogP contribution in [0, 0.1) is 59.7 Å². The Bertz CT molecular complexity index is 7120. The zero-order valence-corrected chi connectivity index (χ0v) is 77.5. The summed E-state index contributed by atoms with van der Waals surface area (Å²) < 4.78 is 216. The van der Waals surface area contributed by atoms with E-state index in [9.17, 15) is 88.6 Å². The fraction of sp³-hybridized carbons (Fsp3) is 0.240. The number of furan rings is 3. The minimum absolute atomic E-state index is 0. The number of carbonyl (C=O) groups excluding carboxylic acids is 2. The van der Waals surface area contributed by atoms with Gasteiger partial charge < -0.3 is 39.0 Å². The van der Waals surface area contributed by atoms with E-state index < -0.39 is 73.7 Å². The first kappa shape index (κ1) is 99.1. The number of nitrogens with one attached hydrogen (secondary N) is 1. The van der Waals surface area contributed by atoms with E-state index in [0.717, 1.165) is 94.6 Å². The molecule has 5 aliphatic heterocycles. The number of nitrogens with zero attached hydrogens (tertiary/aromatic N) is 5. The van der Waals surface area contributed by atoms with Gasteiger partial charge in [0.25, 0.3) is 5.91 Å². The number of hydrogen-bond acceptors (Lipinski definition) is 19. The minimum atomic E-state index is -3.45. The van der Waals surface area contributed by atoms with E-state index in [-0.39, 0.29) is 81.7 Å². The van der Waals surface area contributed by atoms with Crippen LogP contribution in [0.25, 0.3) is 66.9 Å². The summed E-state index contributed by atoms with van der Waals surface area (Å²) in [6.07, 6.45) is 13.0. The molecule has 3 aromatic heterocycles. The molecule has 0 unspecified atom stereocenters. The number of hydrogen-bond donors (Lipinski definition) is 3. The number of ether oxygens (including phenoxy) is 1. The zero-order chi connectivity index (χ0) is 94.1. The van der Waals surface area contributed by atoms with Gasteiger partial charge in [0.15, 0.2) is 0 Å². The molecule has 0 radical (unpaired) electrons. The molecular weight excluding hydrogens is 1820 g/mol. The first-order valence-corrected chi connectivity index (χ1v) is 50.3. The van der Waals surface area contributed by atoms with Gasteiger partial charge >= 0.3 is 30.8 Å². The maximum Gasteiger partial charge on any atom is 1.00 e. The number of carboxylic acid groups (broad SMARTS) is 1. The zero-order valence-electron chi connectivity index (χ0n) is 73.4. The van der Waals surface area contributed by atoms with E-state index in [1.807, 2.05) is 25.1 Å². The van der Waals surface area contributed by atoms with Gasteiger partial charge in [-0.1, -0.05) is 23.7 Å². The molecule has 37 heteroatoms. The Balaban J connectivity index is 0.000000150. The van der Waals surface area contributed by atoms with Crippen molar-refractivity contribution in [1.29, 1.82) is 0 Å². The molecule has 8 heterocycles. The van der Waals surface area contributed by atoms with Crippen molar-refractivity contribution in [2.75, 3.05) is 99.7 Å². The predicted octanol–water partition coefficient (Wildman–Crippen LogP) is 13.4. The second-order valence-corrected chi connectivity index (χ2v) is 41.3. The van der Waals surface area contributed by atoms with Gasteiger partial charge in [-0.05, 0) is 262 Å². The van der Waals surface area contributed by atoms with Crippen molar-refractivity contribution in [2.45, 2.75) is 71.1 Å². The molecule has 1 amide bonds. The van der Waals surface area contributed by atoms with Crippen LogP contribution in [0.5, 0.6) is 5.75 Å². The number of halogens is 5. The number of phenols is 1. The predicted molar refractivity (Wildman–Crippen MR) is 495 cm³/mol. The summed E-state index contributed by atoms with van der Waals surface area (Å²) in [6, 6.07) is 45.6. The molecule has 0 bridgehead atoms. The number of aromatic hydroxyl groups is 1. The standard InChI is InChI=1S/C20H19FN2O4S.C20H18FNO5S.C19H16FNO5S.C19H18FNO2S.C18H16FNO3S.Li.H2O/c1-22-20(24)18-15-10-13-4-3-9-23(28(2,25)26)16(13)11-17(15)27-19(18)12-5-7-14(21)8-6-12;1-26-20(23)18-15-10-13-4-3-9-22(28(2,24)25)16(13)11-17(15)27-19(18)12-5-7-14(21)8-6-12;1-27(24,25)21-8-2-3-12-9-14-16(10-15(12)21)26-18(17(14)19(22)23)11-4-6-13(20)7-5-11;1-14-12-19-17(4-3-11-21(19)24(2,22)23)13-16(14)8-5-15-6-9-18(20)10-7-15;1-24(22,23)20-10-2-3-14-11-15(18(21)12-17(14)20)7-4-13-5-8-16(19)9-6-13;;/h5-8,10-11H,3-4,9H2,1-2H3,(H,22,24);5-8,10-11H,3-4,9H2,1-2H3;4-7,9-10H,2-3,8H2,1H3,(H,22,23);6-7,9-10,12-13H,3-4,11H2,1-2H3;5-6,8-9,11-12,21H,2-3,10H2,1H3;;1H2/q;;;;;+1;/p-1. The van der Waals surface area contributed by atoms with Crippen molar-refractivity contribution in [1.82, 2.24) is 5.32 Å². The number of esters is 1. The molecule has 688 valence electrons. The Morgan fingerprint density at radius 3 is 0.970 bits per heavy atom. The second kappa shape index (κ2) is 40.3. The van der Waals surface area contributed by atoms with Crippen LogP contribution in [0.3, 0.4) is 0 Å². The Morgan fingerprint density at radius 1 is 0.383 bits per heavy atom. The van der Waals surface area contributed by atoms with Crippen molar-refractivity contribution in [3.8, 4) is 63.4 Å². The minimum Gasteiger partial charge on any atom is -0.870 e. The number of carboxylic acids is 1. The summed E-state index contributed by atoms with van der Waals surface area (Å²) in [6.45, 7) is 4.02. The normalized spacial score (nSPS) is 13.9. The van der Waals surface area contributed by atoms with Gasteiger partial charge in [-0.25, -0.2) is 73.6 Å². The molecule has 133 heavy (non-hydrogen) atoms. The smallest absolute Gasteiger partial charge is 0.870 e. The quantitative estimate of drug-likeness (QED) is 0.0468. The maximum absolute atomic E-state index is 13.3. The summed E-state index contributed by atoms with van der Waals surface area (Å²) in [5, 5.41) is 24.1. The fourth-order valence-electron chi connectivity index (χ4n) is 16.3. The Kier molecular flexibility index (Phi) is 30.0. The van der Waals surface area contributed by atoms with Crippen LogP contribution in [0.4, 0.5) is 50.4 Å². The van der Waals surface area contributed by atoms with E-state index in [1.165, 1.54) is 139 Å². The molecule has 0 aliphatic carbocycles. The molecule has 0 fully saturated rings. The first-order chi connectivity index (χ1) is 62.0. The van der Waals surface area contributed by atoms with Crippen LogP contribution in [-0.4, -0.2) is 154 Å². The van der Waals surface area contributed by atoms with Gasteiger partial charge in [-0.15, -0.1) is 0 Å². The number of rotatable bonds is 11. The van der Waals surface area contributed by atoms with Crippen LogP contribution in [0.2, 0.25) is 0 Å². The molecule has 0 spiro atoms. The topological polar surface area (TPSA) is 369 Å². The molecule has 0 atom stereocenters. The number of amides is 1. The number of sulfonamides is 5. The summed E-state index contributed by atoms with van der Waals surface area (Å²) in [5.41, 5.74) is 13.9. The average molecular weight is 1910 g/mol. The summed E-state index contributed by atoms with van der Waals surface area (Å²) in [5.74, 6) is 8.58. The van der Waals surface area contributed by atoms with Gasteiger partial charge in [0.05, 0.1) is 78.0 Å². The summed E-state index contributed by atoms with van der Waals surface area (Å²) in [4.78, 5) is 37.0. The molecule has 4 N–H and O–H groups in total. The van der Waals surface area contributed by atoms with E-state index in [0.29, 0.717) is 160 Å². The van der Waals surface area contributed by atoms with Crippen LogP contribution in [0.1, 0.15) is 119 Å². The molecule has 0 saturated heterocycles. The first-order valence-electron chi connectivity index (χ1n) is 41.1. The summed E-state index contributed by atoms with van der Waals surface area (Å²) in [7, 11) is -14.1. The molecule has 5 aliphatic rings. The number of aromatic carboxylic acids is 1. The molecule has 26 nitrogen and oxygen atoms in total. The molecule has 13 aromatic rings. The SMILES string of the molecule is CNC(=O)c1c(-c2ccc(F)cc2)oc2cc3c(cc12)CCCN3S(C)(=O)=O.COC(=O)c1c(-c2ccc(F)cc2)oc2cc3c(cc12)CCCN3S(C)(=O)=O.CS(=O)(=O)N1CCCc2cc(C#Cc3ccc(F)cc3)c(O)cc21.CS(=O)(=O)N1CCCc2cc3c(C(=O)O)c(-c4ccc(F)cc4)oc3cc21.Cc1cc2c(cc1C#Cc1ccc(F)cc1)CCCN2S(C)(=O)=O.[Li+].[OH-]. The molecular formula is C96H88F5LiN6O20S5. The number of anilines is 5. The van der Waals surface area contributed by atoms with Gasteiger partial charge in [0, 0.05) is 114 Å². The fourth-order valence-corrected chi connectivity index (χ4v) is 21.2. The Morgan fingerprint density at radius 2 is 0.654 bits per heavy atom. The third kappa shape index (κ3) is 22.2. The number of aryl methyl sites for hydroxylation is 6. The van der Waals surface area contributed by atoms with E-state index in [4.69, 9.17) is 18.0 Å². The van der Waals surface area contributed by atoms with Gasteiger partial charge in [-0.3, -0.25) is 26.3 Å². The van der Waals surface area contributed by atoms with Crippen molar-refractivity contribution >= 4 is 129 Å². The van der Waals surface area contributed by atoms with E-state index in [2.05, 4.69) is 29.0 Å². The third-order valence-electron chi connectivity index (χ3n) is 22.4. The number of fused-ring (bicyclic) bond motifs is 8. The molecule has 18 rings (SSSR count). The third-order valence-corrected chi connectivity index (χ3v) is 28.3. The Hall–Kier alpha value is -12.9. The number of phenolic OH excluding ortho intramolecular Hbond substituents is 1. The van der Waals surface area contributed by atoms with Gasteiger partial charge in [-0.2, -0.15) is 0 Å². The van der Waals surface area contributed by atoms with Crippen molar-refractivity contribution in [2.24, 2.45) is 0 Å². The van der Waals surface area contributed by atoms with E-state index in [1.54, 1.807) is 72.8 Å². The van der Waals surface area contributed by atoms with Crippen LogP contribution < -0.4 is 45.7 Å². The number of carbonyl (C=O) groups is 3. The van der Waals surface area contributed by atoms with Crippen molar-refractivity contribution in [3.05, 3.63) is 283 Å². The molecule has 10 aromatic carbocycles. The van der Waals surface area contributed by atoms with E-state index >= 15 is 0 Å². The van der Waals surface area contributed by atoms with Gasteiger partial charge in [0.1, 0.15) is 80.0 Å². The average Bonchev–Trinajstić information content (AvgIpc) is 1.63. The second-order valence-electron chi connectivity index (χ2n) is 31.7.